The molecule has 0 saturated carbocycles. The SMILES string of the molecule is O=C(Nc1cc(Oc2ccc(Cl)cc2)cc([N+](=O)[O-])c1)c1ccn(COc2ccccc2Cl)n1. The first-order chi connectivity index (χ1) is 16.4. The zero-order chi connectivity index (χ0) is 24.1. The normalized spacial score (nSPS) is 10.5. The van der Waals surface area contributed by atoms with Crippen LogP contribution in [-0.4, -0.2) is 20.6 Å². The molecule has 34 heavy (non-hydrogen) atoms. The minimum Gasteiger partial charge on any atom is -0.470 e. The Bertz CT molecular complexity index is 1340. The van der Waals surface area contributed by atoms with Crippen molar-refractivity contribution in [1.82, 2.24) is 9.78 Å². The highest BCUT2D eigenvalue weighted by atomic mass is 35.5. The zero-order valence-electron chi connectivity index (χ0n) is 17.4. The maximum atomic E-state index is 12.7. The number of hydrogen-bond donors (Lipinski definition) is 1. The summed E-state index contributed by atoms with van der Waals surface area (Å²) in [6.07, 6.45) is 1.56. The second-order valence-electron chi connectivity index (χ2n) is 6.93. The van der Waals surface area contributed by atoms with Crippen LogP contribution in [0, 0.1) is 10.1 Å². The predicted molar refractivity (Wildman–Crippen MR) is 127 cm³/mol. The number of rotatable bonds is 8. The Morgan fingerprint density at radius 3 is 2.53 bits per heavy atom. The molecule has 0 radical (unpaired) electrons. The highest BCUT2D eigenvalue weighted by Gasteiger charge is 2.16. The van der Waals surface area contributed by atoms with Crippen LogP contribution in [0.3, 0.4) is 0 Å². The average molecular weight is 499 g/mol. The zero-order valence-corrected chi connectivity index (χ0v) is 18.9. The van der Waals surface area contributed by atoms with Crippen LogP contribution in [0.25, 0.3) is 0 Å². The second-order valence-corrected chi connectivity index (χ2v) is 7.77. The van der Waals surface area contributed by atoms with Gasteiger partial charge in [0.15, 0.2) is 12.4 Å². The van der Waals surface area contributed by atoms with E-state index in [1.165, 1.54) is 28.9 Å². The molecule has 1 aromatic heterocycles. The molecule has 0 saturated heterocycles. The molecule has 0 aliphatic rings. The fourth-order valence-corrected chi connectivity index (χ4v) is 3.22. The molecule has 0 bridgehead atoms. The van der Waals surface area contributed by atoms with Crippen molar-refractivity contribution < 1.29 is 19.2 Å². The number of nitrogens with zero attached hydrogens (tertiary/aromatic N) is 3. The van der Waals surface area contributed by atoms with Gasteiger partial charge in [-0.2, -0.15) is 5.10 Å². The number of aromatic nitrogens is 2. The van der Waals surface area contributed by atoms with Crippen molar-refractivity contribution in [3.05, 3.63) is 105 Å². The summed E-state index contributed by atoms with van der Waals surface area (Å²) in [5.74, 6) is 0.523. The Kier molecular flexibility index (Phi) is 6.95. The summed E-state index contributed by atoms with van der Waals surface area (Å²) in [6.45, 7) is 0.0346. The molecule has 1 amide bonds. The van der Waals surface area contributed by atoms with Gasteiger partial charge in [-0.3, -0.25) is 14.9 Å². The molecule has 0 aliphatic carbocycles. The van der Waals surface area contributed by atoms with Gasteiger partial charge in [0, 0.05) is 23.4 Å². The van der Waals surface area contributed by atoms with E-state index in [4.69, 9.17) is 32.7 Å². The summed E-state index contributed by atoms with van der Waals surface area (Å²) in [5, 5.41) is 19.1. The molecule has 0 fully saturated rings. The van der Waals surface area contributed by atoms with Gasteiger partial charge in [0.05, 0.1) is 21.7 Å². The van der Waals surface area contributed by atoms with E-state index in [9.17, 15) is 14.9 Å². The first-order valence-electron chi connectivity index (χ1n) is 9.82. The number of para-hydroxylation sites is 1. The molecule has 0 aliphatic heterocycles. The summed E-state index contributed by atoms with van der Waals surface area (Å²) in [7, 11) is 0. The number of non-ortho nitro benzene ring substituents is 1. The van der Waals surface area contributed by atoms with Crippen LogP contribution in [0.15, 0.2) is 79.0 Å². The van der Waals surface area contributed by atoms with Crippen molar-refractivity contribution in [1.29, 1.82) is 0 Å². The molecule has 0 unspecified atom stereocenters. The quantitative estimate of drug-likeness (QED) is 0.229. The lowest BCUT2D eigenvalue weighted by Crippen LogP contribution is -2.14. The summed E-state index contributed by atoms with van der Waals surface area (Å²) >= 11 is 11.9. The summed E-state index contributed by atoms with van der Waals surface area (Å²) in [4.78, 5) is 23.4. The van der Waals surface area contributed by atoms with Crippen molar-refractivity contribution in [2.24, 2.45) is 0 Å². The van der Waals surface area contributed by atoms with E-state index in [0.29, 0.717) is 21.5 Å². The standard InChI is InChI=1S/C23H16Cl2N4O5/c24-15-5-7-18(8-6-15)34-19-12-16(11-17(13-19)29(31)32)26-23(30)21-9-10-28(27-21)14-33-22-4-2-1-3-20(22)25/h1-13H,14H2,(H,26,30). The van der Waals surface area contributed by atoms with Gasteiger partial charge in [0.2, 0.25) is 0 Å². The number of carbonyl (C=O) groups excluding carboxylic acids is 1. The van der Waals surface area contributed by atoms with E-state index in [-0.39, 0.29) is 29.5 Å². The first kappa shape index (κ1) is 23.1. The van der Waals surface area contributed by atoms with Gasteiger partial charge < -0.3 is 14.8 Å². The molecule has 1 N–H and O–H groups in total. The molecule has 0 atom stereocenters. The molecule has 3 aromatic carbocycles. The smallest absolute Gasteiger partial charge is 0.276 e. The highest BCUT2D eigenvalue weighted by Crippen LogP contribution is 2.30. The Balaban J connectivity index is 1.46. The number of halogens is 2. The third kappa shape index (κ3) is 5.83. The molecular formula is C23H16Cl2N4O5. The number of benzene rings is 3. The van der Waals surface area contributed by atoms with Gasteiger partial charge in [-0.15, -0.1) is 0 Å². The van der Waals surface area contributed by atoms with Crippen molar-refractivity contribution >= 4 is 40.5 Å². The monoisotopic (exact) mass is 498 g/mol. The van der Waals surface area contributed by atoms with E-state index in [1.54, 1.807) is 54.7 Å². The molecule has 0 spiro atoms. The lowest BCUT2D eigenvalue weighted by Gasteiger charge is -2.09. The number of hydrogen-bond acceptors (Lipinski definition) is 6. The molecule has 4 rings (SSSR count). The van der Waals surface area contributed by atoms with Crippen LogP contribution in [0.5, 0.6) is 17.2 Å². The van der Waals surface area contributed by atoms with E-state index in [0.717, 1.165) is 0 Å². The molecular weight excluding hydrogens is 483 g/mol. The Hall–Kier alpha value is -4.08. The van der Waals surface area contributed by atoms with Crippen molar-refractivity contribution in [2.45, 2.75) is 6.73 Å². The van der Waals surface area contributed by atoms with Crippen LogP contribution in [0.1, 0.15) is 10.5 Å². The van der Waals surface area contributed by atoms with Gasteiger partial charge in [0.25, 0.3) is 11.6 Å². The first-order valence-corrected chi connectivity index (χ1v) is 10.6. The Morgan fingerprint density at radius 2 is 1.79 bits per heavy atom. The topological polar surface area (TPSA) is 109 Å². The van der Waals surface area contributed by atoms with Crippen molar-refractivity contribution in [3.8, 4) is 17.2 Å². The number of ether oxygens (including phenoxy) is 2. The van der Waals surface area contributed by atoms with E-state index in [1.807, 2.05) is 0 Å². The molecule has 4 aromatic rings. The average Bonchev–Trinajstić information content (AvgIpc) is 3.29. The summed E-state index contributed by atoms with van der Waals surface area (Å²) in [5.41, 5.74) is 0.0138. The number of carbonyl (C=O) groups is 1. The van der Waals surface area contributed by atoms with Crippen LogP contribution >= 0.6 is 23.2 Å². The van der Waals surface area contributed by atoms with Crippen molar-refractivity contribution in [2.75, 3.05) is 5.32 Å². The van der Waals surface area contributed by atoms with E-state index in [2.05, 4.69) is 10.4 Å². The fraction of sp³-hybridized carbons (Fsp3) is 0.0435. The summed E-state index contributed by atoms with van der Waals surface area (Å²) < 4.78 is 12.7. The fourth-order valence-electron chi connectivity index (χ4n) is 2.91. The molecule has 1 heterocycles. The number of nitrogens with one attached hydrogen (secondary N) is 1. The van der Waals surface area contributed by atoms with E-state index < -0.39 is 10.8 Å². The lowest BCUT2D eigenvalue weighted by atomic mass is 10.2. The number of nitro benzene ring substituents is 1. The lowest BCUT2D eigenvalue weighted by molar-refractivity contribution is -0.384. The molecule has 172 valence electrons. The predicted octanol–water partition coefficient (Wildman–Crippen LogP) is 6.18. The van der Waals surface area contributed by atoms with Gasteiger partial charge in [-0.25, -0.2) is 4.68 Å². The second kappa shape index (κ2) is 10.2. The number of nitro groups is 1. The number of anilines is 1. The van der Waals surface area contributed by atoms with Crippen LogP contribution in [0.2, 0.25) is 10.0 Å². The third-order valence-corrected chi connectivity index (χ3v) is 5.04. The van der Waals surface area contributed by atoms with Gasteiger partial charge >= 0.3 is 0 Å². The summed E-state index contributed by atoms with van der Waals surface area (Å²) in [6, 6.07) is 18.9. The van der Waals surface area contributed by atoms with E-state index >= 15 is 0 Å². The maximum absolute atomic E-state index is 12.7. The molecule has 9 nitrogen and oxygen atoms in total. The minimum absolute atomic E-state index is 0.0346. The largest absolute Gasteiger partial charge is 0.470 e. The highest BCUT2D eigenvalue weighted by molar-refractivity contribution is 6.32. The van der Waals surface area contributed by atoms with Gasteiger partial charge in [0.1, 0.15) is 17.2 Å². The van der Waals surface area contributed by atoms with Gasteiger partial charge in [-0.05, 0) is 42.5 Å². The Morgan fingerprint density at radius 1 is 1.03 bits per heavy atom. The van der Waals surface area contributed by atoms with Crippen molar-refractivity contribution in [3.63, 3.8) is 0 Å². The third-order valence-electron chi connectivity index (χ3n) is 4.47. The minimum atomic E-state index is -0.578. The Labute approximate surface area is 203 Å². The van der Waals surface area contributed by atoms with Crippen LogP contribution < -0.4 is 14.8 Å². The number of amides is 1. The van der Waals surface area contributed by atoms with Gasteiger partial charge in [-0.1, -0.05) is 35.3 Å². The van der Waals surface area contributed by atoms with Crippen LogP contribution in [0.4, 0.5) is 11.4 Å². The van der Waals surface area contributed by atoms with Crippen LogP contribution in [-0.2, 0) is 6.73 Å². The molecule has 11 heteroatoms. The maximum Gasteiger partial charge on any atom is 0.276 e.